The third-order valence-electron chi connectivity index (χ3n) is 4.11. The van der Waals surface area contributed by atoms with E-state index in [4.69, 9.17) is 0 Å². The number of hydrogen-bond acceptors (Lipinski definition) is 3. The van der Waals surface area contributed by atoms with E-state index in [-0.39, 0.29) is 5.56 Å². The Morgan fingerprint density at radius 2 is 2.00 bits per heavy atom. The molecule has 2 aromatic rings. The molecule has 4 nitrogen and oxygen atoms in total. The highest BCUT2D eigenvalue weighted by Crippen LogP contribution is 2.24. The van der Waals surface area contributed by atoms with Gasteiger partial charge in [0.25, 0.3) is 5.56 Å². The molecule has 0 unspecified atom stereocenters. The molecule has 0 amide bonds. The summed E-state index contributed by atoms with van der Waals surface area (Å²) in [7, 11) is 0. The first-order chi connectivity index (χ1) is 9.63. The highest BCUT2D eigenvalue weighted by molar-refractivity contribution is 5.79. The largest absolute Gasteiger partial charge is 0.305 e. The fourth-order valence-electron chi connectivity index (χ4n) is 2.90. The molecule has 1 saturated carbocycles. The van der Waals surface area contributed by atoms with Crippen molar-refractivity contribution >= 4 is 16.8 Å². The Kier molecular flexibility index (Phi) is 3.38. The van der Waals surface area contributed by atoms with Gasteiger partial charge in [0.2, 0.25) is 0 Å². The van der Waals surface area contributed by atoms with Gasteiger partial charge in [-0.05, 0) is 43.4 Å². The fraction of sp³-hybridized carbons (Fsp3) is 0.438. The number of ketones is 1. The summed E-state index contributed by atoms with van der Waals surface area (Å²) in [6, 6.07) is 5.96. The second-order valence-corrected chi connectivity index (χ2v) is 5.68. The van der Waals surface area contributed by atoms with Crippen LogP contribution >= 0.6 is 0 Å². The molecule has 0 saturated heterocycles. The molecule has 0 N–H and O–H groups in total. The van der Waals surface area contributed by atoms with Crippen molar-refractivity contribution in [1.82, 2.24) is 9.55 Å². The van der Waals surface area contributed by atoms with Crippen LogP contribution in [0.2, 0.25) is 0 Å². The van der Waals surface area contributed by atoms with E-state index in [1.807, 2.05) is 29.7 Å². The number of nitrogens with zero attached hydrogens (tertiary/aromatic N) is 2. The Morgan fingerprint density at radius 1 is 1.25 bits per heavy atom. The van der Waals surface area contributed by atoms with Crippen molar-refractivity contribution < 1.29 is 4.79 Å². The second-order valence-electron chi connectivity index (χ2n) is 5.68. The molecule has 104 valence electrons. The highest BCUT2D eigenvalue weighted by Gasteiger charge is 2.20. The second kappa shape index (κ2) is 5.19. The zero-order valence-corrected chi connectivity index (χ0v) is 11.6. The summed E-state index contributed by atoms with van der Waals surface area (Å²) in [5, 5.41) is 0. The molecule has 1 heterocycles. The first kappa shape index (κ1) is 13.0. The van der Waals surface area contributed by atoms with Crippen LogP contribution in [0.15, 0.2) is 29.2 Å². The lowest BCUT2D eigenvalue weighted by atomic mass is 9.88. The Bertz CT molecular complexity index is 708. The number of Topliss-reactive ketones (excluding diaryl/α,β-unsaturated/α-hetero) is 1. The molecule has 20 heavy (non-hydrogen) atoms. The predicted octanol–water partition coefficient (Wildman–Crippen LogP) is 2.46. The van der Waals surface area contributed by atoms with Crippen LogP contribution in [0.3, 0.4) is 0 Å². The smallest absolute Gasteiger partial charge is 0.269 e. The Morgan fingerprint density at radius 3 is 2.75 bits per heavy atom. The van der Waals surface area contributed by atoms with E-state index < -0.39 is 0 Å². The van der Waals surface area contributed by atoms with E-state index in [9.17, 15) is 9.59 Å². The van der Waals surface area contributed by atoms with Gasteiger partial charge in [0, 0.05) is 19.4 Å². The van der Waals surface area contributed by atoms with Crippen LogP contribution in [0.5, 0.6) is 0 Å². The summed E-state index contributed by atoms with van der Waals surface area (Å²) in [5.74, 6) is 0.764. The van der Waals surface area contributed by atoms with Crippen LogP contribution in [0.4, 0.5) is 0 Å². The molecule has 0 bridgehead atoms. The maximum Gasteiger partial charge on any atom is 0.269 e. The lowest BCUT2D eigenvalue weighted by molar-refractivity contribution is -0.121. The normalized spacial score (nSPS) is 16.8. The van der Waals surface area contributed by atoms with Crippen LogP contribution in [0, 0.1) is 12.8 Å². The minimum Gasteiger partial charge on any atom is -0.305 e. The van der Waals surface area contributed by atoms with Gasteiger partial charge in [0.1, 0.15) is 5.78 Å². The average molecular weight is 270 g/mol. The van der Waals surface area contributed by atoms with Gasteiger partial charge in [-0.3, -0.25) is 9.59 Å². The van der Waals surface area contributed by atoms with Crippen molar-refractivity contribution in [2.75, 3.05) is 0 Å². The lowest BCUT2D eigenvalue weighted by Crippen LogP contribution is -2.27. The number of carbonyl (C=O) groups is 1. The van der Waals surface area contributed by atoms with Gasteiger partial charge in [-0.1, -0.05) is 6.07 Å². The lowest BCUT2D eigenvalue weighted by Gasteiger charge is -2.22. The molecular formula is C16H18N2O2. The third-order valence-corrected chi connectivity index (χ3v) is 4.11. The van der Waals surface area contributed by atoms with E-state index in [2.05, 4.69) is 4.98 Å². The molecule has 1 aromatic carbocycles. The third kappa shape index (κ3) is 2.50. The molecule has 0 aliphatic heterocycles. The van der Waals surface area contributed by atoms with Crippen molar-refractivity contribution in [2.24, 2.45) is 5.92 Å². The predicted molar refractivity (Wildman–Crippen MR) is 77.7 cm³/mol. The summed E-state index contributed by atoms with van der Waals surface area (Å²) in [5.41, 5.74) is 2.81. The molecule has 1 aliphatic rings. The quantitative estimate of drug-likeness (QED) is 0.842. The number of aryl methyl sites for hydroxylation is 1. The van der Waals surface area contributed by atoms with Gasteiger partial charge in [0.15, 0.2) is 0 Å². The average Bonchev–Trinajstić information content (AvgIpc) is 2.44. The van der Waals surface area contributed by atoms with Gasteiger partial charge < -0.3 is 4.57 Å². The summed E-state index contributed by atoms with van der Waals surface area (Å²) in [6.07, 6.45) is 4.48. The van der Waals surface area contributed by atoms with E-state index in [0.29, 0.717) is 31.1 Å². The molecule has 3 rings (SSSR count). The summed E-state index contributed by atoms with van der Waals surface area (Å²) in [4.78, 5) is 27.6. The van der Waals surface area contributed by atoms with Crippen molar-refractivity contribution in [3.05, 3.63) is 40.3 Å². The van der Waals surface area contributed by atoms with E-state index in [1.54, 1.807) is 0 Å². The molecule has 4 heteroatoms. The standard InChI is InChI=1S/C16H18N2O2/c1-11-2-7-14-15(8-11)18(16(20)9-17-14)10-12-3-5-13(19)6-4-12/h2,7-9,12H,3-6,10H2,1H3. The maximum absolute atomic E-state index is 12.1. The number of fused-ring (bicyclic) bond motifs is 1. The summed E-state index contributed by atoms with van der Waals surface area (Å²) < 4.78 is 1.82. The van der Waals surface area contributed by atoms with Gasteiger partial charge >= 0.3 is 0 Å². The van der Waals surface area contributed by atoms with E-state index >= 15 is 0 Å². The zero-order chi connectivity index (χ0) is 14.1. The minimum atomic E-state index is -0.0556. The number of benzene rings is 1. The van der Waals surface area contributed by atoms with Gasteiger partial charge in [-0.25, -0.2) is 4.98 Å². The van der Waals surface area contributed by atoms with Crippen molar-refractivity contribution in [3.63, 3.8) is 0 Å². The number of aromatic nitrogens is 2. The van der Waals surface area contributed by atoms with Crippen LogP contribution in [0.1, 0.15) is 31.2 Å². The number of carbonyl (C=O) groups excluding carboxylic acids is 1. The summed E-state index contributed by atoms with van der Waals surface area (Å²) >= 11 is 0. The zero-order valence-electron chi connectivity index (χ0n) is 11.6. The Labute approximate surface area is 117 Å². The first-order valence-electron chi connectivity index (χ1n) is 7.11. The van der Waals surface area contributed by atoms with E-state index in [1.165, 1.54) is 6.20 Å². The fourth-order valence-corrected chi connectivity index (χ4v) is 2.90. The maximum atomic E-state index is 12.1. The van der Waals surface area contributed by atoms with Crippen molar-refractivity contribution in [2.45, 2.75) is 39.2 Å². The highest BCUT2D eigenvalue weighted by atomic mass is 16.1. The van der Waals surface area contributed by atoms with Gasteiger partial charge in [-0.15, -0.1) is 0 Å². The van der Waals surface area contributed by atoms with Crippen LogP contribution in [-0.4, -0.2) is 15.3 Å². The van der Waals surface area contributed by atoms with Gasteiger partial charge in [-0.2, -0.15) is 0 Å². The van der Waals surface area contributed by atoms with Crippen LogP contribution < -0.4 is 5.56 Å². The van der Waals surface area contributed by atoms with Crippen LogP contribution in [0.25, 0.3) is 11.0 Å². The molecule has 1 fully saturated rings. The van der Waals surface area contributed by atoms with E-state index in [0.717, 1.165) is 29.4 Å². The SMILES string of the molecule is Cc1ccc2ncc(=O)n(CC3CCC(=O)CC3)c2c1. The Hall–Kier alpha value is -1.97. The molecule has 1 aliphatic carbocycles. The van der Waals surface area contributed by atoms with Gasteiger partial charge in [0.05, 0.1) is 17.2 Å². The molecule has 0 atom stereocenters. The molecule has 0 radical (unpaired) electrons. The molecular weight excluding hydrogens is 252 g/mol. The minimum absolute atomic E-state index is 0.0556. The Balaban J connectivity index is 1.97. The number of rotatable bonds is 2. The van der Waals surface area contributed by atoms with Crippen molar-refractivity contribution in [1.29, 1.82) is 0 Å². The van der Waals surface area contributed by atoms with Crippen molar-refractivity contribution in [3.8, 4) is 0 Å². The summed E-state index contributed by atoms with van der Waals surface area (Å²) in [6.45, 7) is 2.70. The molecule has 0 spiro atoms. The number of hydrogen-bond donors (Lipinski definition) is 0. The monoisotopic (exact) mass is 270 g/mol. The molecule has 1 aromatic heterocycles. The first-order valence-corrected chi connectivity index (χ1v) is 7.11. The topological polar surface area (TPSA) is 52.0 Å². The van der Waals surface area contributed by atoms with Crippen LogP contribution in [-0.2, 0) is 11.3 Å².